The molecule has 0 aliphatic carbocycles. The summed E-state index contributed by atoms with van der Waals surface area (Å²) in [7, 11) is 0. The van der Waals surface area contributed by atoms with Crippen molar-refractivity contribution in [1.29, 1.82) is 0 Å². The van der Waals surface area contributed by atoms with Crippen LogP contribution in [-0.4, -0.2) is 6.54 Å². The summed E-state index contributed by atoms with van der Waals surface area (Å²) in [4.78, 5) is 0. The summed E-state index contributed by atoms with van der Waals surface area (Å²) < 4.78 is 39.9. The van der Waals surface area contributed by atoms with Crippen LogP contribution in [0, 0.1) is 17.5 Å². The van der Waals surface area contributed by atoms with Crippen LogP contribution in [0.15, 0.2) is 36.4 Å². The van der Waals surface area contributed by atoms with Crippen LogP contribution in [-0.2, 0) is 6.54 Å². The van der Waals surface area contributed by atoms with E-state index < -0.39 is 17.5 Å². The Labute approximate surface area is 110 Å². The highest BCUT2D eigenvalue weighted by Crippen LogP contribution is 2.25. The molecule has 19 heavy (non-hydrogen) atoms. The highest BCUT2D eigenvalue weighted by Gasteiger charge is 2.09. The molecule has 0 atom stereocenters. The molecule has 0 amide bonds. The quantitative estimate of drug-likeness (QED) is 0.884. The monoisotopic (exact) mass is 265 g/mol. The van der Waals surface area contributed by atoms with E-state index in [1.54, 1.807) is 12.1 Å². The van der Waals surface area contributed by atoms with Crippen molar-refractivity contribution in [3.8, 4) is 11.1 Å². The first-order chi connectivity index (χ1) is 9.11. The van der Waals surface area contributed by atoms with E-state index in [1.807, 2.05) is 6.92 Å². The fraction of sp³-hybridized carbons (Fsp3) is 0.200. The lowest BCUT2D eigenvalue weighted by Gasteiger charge is -2.07. The van der Waals surface area contributed by atoms with Gasteiger partial charge < -0.3 is 5.32 Å². The summed E-state index contributed by atoms with van der Waals surface area (Å²) >= 11 is 0. The maximum absolute atomic E-state index is 14.0. The highest BCUT2D eigenvalue weighted by molar-refractivity contribution is 5.64. The van der Waals surface area contributed by atoms with Crippen molar-refractivity contribution < 1.29 is 13.2 Å². The molecule has 0 bridgehead atoms. The minimum atomic E-state index is -0.978. The minimum absolute atomic E-state index is 0.263. The van der Waals surface area contributed by atoms with Gasteiger partial charge in [0.1, 0.15) is 5.82 Å². The van der Waals surface area contributed by atoms with Crippen molar-refractivity contribution >= 4 is 0 Å². The predicted octanol–water partition coefficient (Wildman–Crippen LogP) is 3.88. The molecule has 0 aliphatic rings. The van der Waals surface area contributed by atoms with Gasteiger partial charge in [-0.3, -0.25) is 0 Å². The van der Waals surface area contributed by atoms with E-state index in [0.717, 1.165) is 24.2 Å². The van der Waals surface area contributed by atoms with E-state index in [-0.39, 0.29) is 5.56 Å². The van der Waals surface area contributed by atoms with Crippen LogP contribution in [0.1, 0.15) is 12.5 Å². The molecular formula is C15H14F3N. The van der Waals surface area contributed by atoms with Gasteiger partial charge in [-0.15, -0.1) is 0 Å². The van der Waals surface area contributed by atoms with Crippen molar-refractivity contribution in [2.24, 2.45) is 0 Å². The Hall–Kier alpha value is -1.81. The zero-order valence-corrected chi connectivity index (χ0v) is 10.5. The van der Waals surface area contributed by atoms with Crippen molar-refractivity contribution in [2.45, 2.75) is 13.5 Å². The van der Waals surface area contributed by atoms with Gasteiger partial charge in [0.2, 0.25) is 0 Å². The van der Waals surface area contributed by atoms with Gasteiger partial charge in [0.25, 0.3) is 0 Å². The zero-order valence-electron chi connectivity index (χ0n) is 10.5. The van der Waals surface area contributed by atoms with Crippen molar-refractivity contribution in [2.75, 3.05) is 6.54 Å². The molecule has 4 heteroatoms. The van der Waals surface area contributed by atoms with Crippen LogP contribution in [0.5, 0.6) is 0 Å². The van der Waals surface area contributed by atoms with Crippen LogP contribution >= 0.6 is 0 Å². The molecule has 0 radical (unpaired) electrons. The van der Waals surface area contributed by atoms with Gasteiger partial charge in [-0.05, 0) is 35.9 Å². The summed E-state index contributed by atoms with van der Waals surface area (Å²) in [6.07, 6.45) is 0. The maximum Gasteiger partial charge on any atom is 0.159 e. The van der Waals surface area contributed by atoms with Gasteiger partial charge in [0.05, 0.1) is 0 Å². The smallest absolute Gasteiger partial charge is 0.159 e. The number of hydrogen-bond donors (Lipinski definition) is 1. The summed E-state index contributed by atoms with van der Waals surface area (Å²) in [6.45, 7) is 3.34. The fourth-order valence-corrected chi connectivity index (χ4v) is 1.84. The Bertz CT molecular complexity index is 582. The maximum atomic E-state index is 14.0. The molecule has 1 N–H and O–H groups in total. The van der Waals surface area contributed by atoms with E-state index >= 15 is 0 Å². The van der Waals surface area contributed by atoms with Crippen molar-refractivity contribution in [3.05, 3.63) is 59.4 Å². The third-order valence-electron chi connectivity index (χ3n) is 2.84. The highest BCUT2D eigenvalue weighted by atomic mass is 19.2. The van der Waals surface area contributed by atoms with E-state index in [4.69, 9.17) is 0 Å². The van der Waals surface area contributed by atoms with Gasteiger partial charge in [-0.1, -0.05) is 25.1 Å². The van der Waals surface area contributed by atoms with Crippen LogP contribution in [0.4, 0.5) is 13.2 Å². The van der Waals surface area contributed by atoms with E-state index in [2.05, 4.69) is 5.32 Å². The average molecular weight is 265 g/mol. The molecule has 0 aromatic heterocycles. The average Bonchev–Trinajstić information content (AvgIpc) is 2.40. The van der Waals surface area contributed by atoms with Gasteiger partial charge in [-0.2, -0.15) is 0 Å². The molecule has 0 saturated heterocycles. The molecule has 2 rings (SSSR count). The van der Waals surface area contributed by atoms with Crippen LogP contribution < -0.4 is 5.32 Å². The van der Waals surface area contributed by atoms with Gasteiger partial charge in [0, 0.05) is 12.1 Å². The standard InChI is InChI=1S/C15H14F3N/c1-2-19-9-10-3-5-12(14(17)7-10)11-4-6-13(16)15(18)8-11/h3-8,19H,2,9H2,1H3. The summed E-state index contributed by atoms with van der Waals surface area (Å²) in [5.41, 5.74) is 1.40. The van der Waals surface area contributed by atoms with Crippen molar-refractivity contribution in [3.63, 3.8) is 0 Å². The van der Waals surface area contributed by atoms with Crippen LogP contribution in [0.2, 0.25) is 0 Å². The zero-order chi connectivity index (χ0) is 13.8. The van der Waals surface area contributed by atoms with E-state index in [0.29, 0.717) is 12.1 Å². The third-order valence-corrected chi connectivity index (χ3v) is 2.84. The predicted molar refractivity (Wildman–Crippen MR) is 69.1 cm³/mol. The van der Waals surface area contributed by atoms with Gasteiger partial charge >= 0.3 is 0 Å². The molecule has 0 fully saturated rings. The molecule has 2 aromatic rings. The van der Waals surface area contributed by atoms with Crippen LogP contribution in [0.25, 0.3) is 11.1 Å². The number of rotatable bonds is 4. The third kappa shape index (κ3) is 3.15. The molecule has 0 heterocycles. The molecule has 0 unspecified atom stereocenters. The Kier molecular flexibility index (Phi) is 4.22. The lowest BCUT2D eigenvalue weighted by Crippen LogP contribution is -2.11. The topological polar surface area (TPSA) is 12.0 Å². The molecule has 100 valence electrons. The Balaban J connectivity index is 2.32. The summed E-state index contributed by atoms with van der Waals surface area (Å²) in [6, 6.07) is 8.10. The SMILES string of the molecule is CCNCc1ccc(-c2ccc(F)c(F)c2)c(F)c1. The van der Waals surface area contributed by atoms with E-state index in [1.165, 1.54) is 12.1 Å². The lowest BCUT2D eigenvalue weighted by atomic mass is 10.0. The molecular weight excluding hydrogens is 251 g/mol. The molecule has 0 aliphatic heterocycles. The van der Waals surface area contributed by atoms with E-state index in [9.17, 15) is 13.2 Å². The molecule has 0 saturated carbocycles. The van der Waals surface area contributed by atoms with Crippen LogP contribution in [0.3, 0.4) is 0 Å². The normalized spacial score (nSPS) is 10.7. The van der Waals surface area contributed by atoms with Crippen molar-refractivity contribution in [1.82, 2.24) is 5.32 Å². The second kappa shape index (κ2) is 5.89. The summed E-state index contributed by atoms with van der Waals surface area (Å²) in [5.74, 6) is -2.36. The number of hydrogen-bond acceptors (Lipinski definition) is 1. The first-order valence-corrected chi connectivity index (χ1v) is 6.06. The number of benzene rings is 2. The molecule has 2 aromatic carbocycles. The molecule has 0 spiro atoms. The molecule has 1 nitrogen and oxygen atoms in total. The second-order valence-corrected chi connectivity index (χ2v) is 4.22. The summed E-state index contributed by atoms with van der Waals surface area (Å²) in [5, 5.41) is 3.09. The second-order valence-electron chi connectivity index (χ2n) is 4.22. The Morgan fingerprint density at radius 1 is 0.895 bits per heavy atom. The van der Waals surface area contributed by atoms with Gasteiger partial charge in [-0.25, -0.2) is 13.2 Å². The minimum Gasteiger partial charge on any atom is -0.313 e. The lowest BCUT2D eigenvalue weighted by molar-refractivity contribution is 0.509. The largest absolute Gasteiger partial charge is 0.313 e. The number of halogens is 3. The Morgan fingerprint density at radius 3 is 2.32 bits per heavy atom. The number of nitrogens with one attached hydrogen (secondary N) is 1. The fourth-order valence-electron chi connectivity index (χ4n) is 1.84. The first kappa shape index (κ1) is 13.6. The Morgan fingerprint density at radius 2 is 1.68 bits per heavy atom. The first-order valence-electron chi connectivity index (χ1n) is 6.06. The van der Waals surface area contributed by atoms with Gasteiger partial charge in [0.15, 0.2) is 11.6 Å².